The van der Waals surface area contributed by atoms with Crippen LogP contribution >= 0.6 is 11.6 Å². The largest absolute Gasteiger partial charge is 0.357 e. The Hall–Kier alpha value is -3.36. The van der Waals surface area contributed by atoms with E-state index in [9.17, 15) is 18.0 Å². The molecule has 0 saturated heterocycles. The van der Waals surface area contributed by atoms with Gasteiger partial charge in [0, 0.05) is 18.6 Å². The SMILES string of the molecule is CC[C@H](C(=O)NC)N(Cc1ccccc1Cl)C(=O)CN(c1ccccc1C)S(=O)(=O)c1ccccc1. The summed E-state index contributed by atoms with van der Waals surface area (Å²) < 4.78 is 28.6. The second-order valence-corrected chi connectivity index (χ2v) is 10.5. The molecule has 0 saturated carbocycles. The number of amides is 2. The van der Waals surface area contributed by atoms with Crippen molar-refractivity contribution >= 4 is 39.1 Å². The number of hydrogen-bond acceptors (Lipinski definition) is 4. The Morgan fingerprint density at radius 3 is 2.17 bits per heavy atom. The van der Waals surface area contributed by atoms with E-state index in [0.717, 1.165) is 4.31 Å². The number of para-hydroxylation sites is 1. The standard InChI is InChI=1S/C27H30ClN3O4S/c1-4-24(27(33)29-3)30(18-21-13-9-10-16-23(21)28)26(32)19-31(25-17-11-8-12-20(25)2)36(34,35)22-14-6-5-7-15-22/h5-17,24H,4,18-19H2,1-3H3,(H,29,33)/t24-/m1/s1. The Bertz CT molecular complexity index is 1320. The molecule has 7 nitrogen and oxygen atoms in total. The first-order valence-electron chi connectivity index (χ1n) is 11.6. The number of likely N-dealkylation sites (N-methyl/N-ethyl adjacent to an activating group) is 1. The zero-order valence-corrected chi connectivity index (χ0v) is 22.1. The lowest BCUT2D eigenvalue weighted by atomic mass is 10.1. The van der Waals surface area contributed by atoms with E-state index in [4.69, 9.17) is 11.6 Å². The minimum Gasteiger partial charge on any atom is -0.357 e. The number of nitrogens with one attached hydrogen (secondary N) is 1. The highest BCUT2D eigenvalue weighted by Crippen LogP contribution is 2.28. The van der Waals surface area contributed by atoms with Gasteiger partial charge in [-0.25, -0.2) is 8.42 Å². The number of anilines is 1. The molecule has 9 heteroatoms. The molecule has 0 unspecified atom stereocenters. The topological polar surface area (TPSA) is 86.8 Å². The Morgan fingerprint density at radius 1 is 0.944 bits per heavy atom. The fourth-order valence-corrected chi connectivity index (χ4v) is 5.67. The van der Waals surface area contributed by atoms with Gasteiger partial charge >= 0.3 is 0 Å². The van der Waals surface area contributed by atoms with Crippen molar-refractivity contribution in [2.24, 2.45) is 0 Å². The van der Waals surface area contributed by atoms with E-state index in [-0.39, 0.29) is 17.3 Å². The fourth-order valence-electron chi connectivity index (χ4n) is 3.97. The van der Waals surface area contributed by atoms with Gasteiger partial charge in [0.15, 0.2) is 0 Å². The van der Waals surface area contributed by atoms with Gasteiger partial charge in [0.2, 0.25) is 11.8 Å². The number of rotatable bonds is 10. The number of carbonyl (C=O) groups excluding carboxylic acids is 2. The summed E-state index contributed by atoms with van der Waals surface area (Å²) in [7, 11) is -2.58. The highest BCUT2D eigenvalue weighted by atomic mass is 35.5. The van der Waals surface area contributed by atoms with Gasteiger partial charge in [-0.05, 0) is 48.7 Å². The number of carbonyl (C=O) groups is 2. The number of aryl methyl sites for hydroxylation is 1. The summed E-state index contributed by atoms with van der Waals surface area (Å²) in [5.41, 5.74) is 1.74. The van der Waals surface area contributed by atoms with Crippen LogP contribution < -0.4 is 9.62 Å². The monoisotopic (exact) mass is 527 g/mol. The van der Waals surface area contributed by atoms with Crippen LogP contribution in [0, 0.1) is 6.92 Å². The van der Waals surface area contributed by atoms with Crippen LogP contribution in [0.5, 0.6) is 0 Å². The zero-order valence-electron chi connectivity index (χ0n) is 20.5. The normalized spacial score (nSPS) is 12.0. The van der Waals surface area contributed by atoms with Gasteiger partial charge in [0.05, 0.1) is 10.6 Å². The Balaban J connectivity index is 2.08. The first kappa shape index (κ1) is 27.2. The lowest BCUT2D eigenvalue weighted by molar-refractivity contribution is -0.140. The lowest BCUT2D eigenvalue weighted by Crippen LogP contribution is -2.51. The molecule has 2 amide bonds. The molecule has 0 fully saturated rings. The summed E-state index contributed by atoms with van der Waals surface area (Å²) in [6, 6.07) is 21.2. The molecule has 0 aromatic heterocycles. The second kappa shape index (κ2) is 12.1. The van der Waals surface area contributed by atoms with Crippen molar-refractivity contribution in [1.29, 1.82) is 0 Å². The van der Waals surface area contributed by atoms with Crippen molar-refractivity contribution in [2.45, 2.75) is 37.8 Å². The van der Waals surface area contributed by atoms with Crippen LogP contribution in [0.2, 0.25) is 5.02 Å². The molecule has 0 spiro atoms. The quantitative estimate of drug-likeness (QED) is 0.423. The molecule has 0 bridgehead atoms. The van der Waals surface area contributed by atoms with E-state index in [1.54, 1.807) is 80.6 Å². The molecule has 3 aromatic rings. The van der Waals surface area contributed by atoms with Gasteiger partial charge in [0.1, 0.15) is 12.6 Å². The van der Waals surface area contributed by atoms with Gasteiger partial charge < -0.3 is 10.2 Å². The average molecular weight is 528 g/mol. The molecular formula is C27H30ClN3O4S. The third-order valence-electron chi connectivity index (χ3n) is 5.93. The maximum absolute atomic E-state index is 13.8. The van der Waals surface area contributed by atoms with Gasteiger partial charge in [-0.15, -0.1) is 0 Å². The Labute approximate surface area is 217 Å². The maximum Gasteiger partial charge on any atom is 0.264 e. The van der Waals surface area contributed by atoms with Crippen LogP contribution in [0.1, 0.15) is 24.5 Å². The number of nitrogens with zero attached hydrogens (tertiary/aromatic N) is 2. The summed E-state index contributed by atoms with van der Waals surface area (Å²) >= 11 is 6.36. The first-order chi connectivity index (χ1) is 17.2. The Kier molecular flexibility index (Phi) is 9.12. The molecule has 3 aromatic carbocycles. The Morgan fingerprint density at radius 2 is 1.56 bits per heavy atom. The van der Waals surface area contributed by atoms with Crippen LogP contribution in [0.15, 0.2) is 83.8 Å². The average Bonchev–Trinajstić information content (AvgIpc) is 2.88. The molecule has 36 heavy (non-hydrogen) atoms. The fraction of sp³-hybridized carbons (Fsp3) is 0.259. The van der Waals surface area contributed by atoms with E-state index in [1.165, 1.54) is 24.1 Å². The molecule has 190 valence electrons. The van der Waals surface area contributed by atoms with Crippen molar-refractivity contribution in [3.63, 3.8) is 0 Å². The number of benzene rings is 3. The first-order valence-corrected chi connectivity index (χ1v) is 13.4. The van der Waals surface area contributed by atoms with Crippen LogP contribution in [-0.2, 0) is 26.2 Å². The molecule has 1 N–H and O–H groups in total. The molecule has 0 heterocycles. The predicted molar refractivity (Wildman–Crippen MR) is 142 cm³/mol. The van der Waals surface area contributed by atoms with Crippen molar-refractivity contribution in [2.75, 3.05) is 17.9 Å². The van der Waals surface area contributed by atoms with Crippen LogP contribution in [0.4, 0.5) is 5.69 Å². The van der Waals surface area contributed by atoms with Crippen LogP contribution in [-0.4, -0.2) is 44.8 Å². The summed E-state index contributed by atoms with van der Waals surface area (Å²) in [5, 5.41) is 3.06. The lowest BCUT2D eigenvalue weighted by Gasteiger charge is -2.33. The summed E-state index contributed by atoms with van der Waals surface area (Å²) in [6.45, 7) is 3.15. The van der Waals surface area contributed by atoms with Gasteiger partial charge in [0.25, 0.3) is 10.0 Å². The summed E-state index contributed by atoms with van der Waals surface area (Å²) in [5.74, 6) is -0.862. The van der Waals surface area contributed by atoms with Gasteiger partial charge in [-0.2, -0.15) is 0 Å². The third-order valence-corrected chi connectivity index (χ3v) is 8.07. The van der Waals surface area contributed by atoms with Crippen molar-refractivity contribution in [3.8, 4) is 0 Å². The van der Waals surface area contributed by atoms with E-state index in [2.05, 4.69) is 5.32 Å². The molecular weight excluding hydrogens is 498 g/mol. The smallest absolute Gasteiger partial charge is 0.264 e. The van der Waals surface area contributed by atoms with Crippen molar-refractivity contribution in [1.82, 2.24) is 10.2 Å². The highest BCUT2D eigenvalue weighted by molar-refractivity contribution is 7.92. The molecule has 3 rings (SSSR count). The molecule has 0 aliphatic rings. The summed E-state index contributed by atoms with van der Waals surface area (Å²) in [4.78, 5) is 28.0. The van der Waals surface area contributed by atoms with E-state index < -0.39 is 28.5 Å². The van der Waals surface area contributed by atoms with E-state index >= 15 is 0 Å². The number of hydrogen-bond donors (Lipinski definition) is 1. The number of sulfonamides is 1. The minimum atomic E-state index is -4.09. The third kappa shape index (κ3) is 6.06. The summed E-state index contributed by atoms with van der Waals surface area (Å²) in [6.07, 6.45) is 0.339. The molecule has 0 aliphatic heterocycles. The van der Waals surface area contributed by atoms with E-state index in [1.807, 2.05) is 0 Å². The van der Waals surface area contributed by atoms with Gasteiger partial charge in [-0.1, -0.05) is 73.1 Å². The van der Waals surface area contributed by atoms with Crippen molar-refractivity contribution in [3.05, 3.63) is 95.0 Å². The van der Waals surface area contributed by atoms with E-state index in [0.29, 0.717) is 28.3 Å². The highest BCUT2D eigenvalue weighted by Gasteiger charge is 2.34. The van der Waals surface area contributed by atoms with Crippen molar-refractivity contribution < 1.29 is 18.0 Å². The second-order valence-electron chi connectivity index (χ2n) is 8.26. The van der Waals surface area contributed by atoms with Crippen LogP contribution in [0.25, 0.3) is 0 Å². The molecule has 0 radical (unpaired) electrons. The minimum absolute atomic E-state index is 0.0530. The molecule has 0 aliphatic carbocycles. The predicted octanol–water partition coefficient (Wildman–Crippen LogP) is 4.40. The molecule has 1 atom stereocenters. The zero-order chi connectivity index (χ0) is 26.3. The maximum atomic E-state index is 13.8. The van der Waals surface area contributed by atoms with Crippen LogP contribution in [0.3, 0.4) is 0 Å². The number of halogens is 1. The van der Waals surface area contributed by atoms with Gasteiger partial charge in [-0.3, -0.25) is 13.9 Å².